The van der Waals surface area contributed by atoms with Crippen molar-refractivity contribution < 1.29 is 28.6 Å². The molecule has 0 amide bonds. The average molecular weight is 801 g/mol. The van der Waals surface area contributed by atoms with E-state index < -0.39 is 6.10 Å². The van der Waals surface area contributed by atoms with E-state index in [1.165, 1.54) is 141 Å². The van der Waals surface area contributed by atoms with Gasteiger partial charge in [-0.15, -0.1) is 0 Å². The van der Waals surface area contributed by atoms with Crippen LogP contribution in [0.2, 0.25) is 0 Å². The number of hydrogen-bond acceptors (Lipinski definition) is 6. The maximum absolute atomic E-state index is 12.7. The van der Waals surface area contributed by atoms with Gasteiger partial charge in [0, 0.05) is 19.3 Å². The van der Waals surface area contributed by atoms with Crippen LogP contribution in [0.1, 0.15) is 252 Å². The number of allylic oxidation sites excluding steroid dienone is 6. The first-order valence-corrected chi connectivity index (χ1v) is 24.5. The number of hydrogen-bond donors (Lipinski definition) is 0. The van der Waals surface area contributed by atoms with Gasteiger partial charge in [0.05, 0.1) is 0 Å². The molecule has 6 heteroatoms. The first-order chi connectivity index (χ1) is 28.0. The lowest BCUT2D eigenvalue weighted by atomic mass is 10.0. The maximum atomic E-state index is 12.7. The molecule has 0 aliphatic carbocycles. The molecule has 0 fully saturated rings. The van der Waals surface area contributed by atoms with Crippen LogP contribution >= 0.6 is 0 Å². The highest BCUT2D eigenvalue weighted by Crippen LogP contribution is 2.15. The van der Waals surface area contributed by atoms with Gasteiger partial charge in [0.25, 0.3) is 0 Å². The predicted molar refractivity (Wildman–Crippen MR) is 242 cm³/mol. The number of carbonyl (C=O) groups is 3. The van der Waals surface area contributed by atoms with Crippen LogP contribution in [0, 0.1) is 0 Å². The van der Waals surface area contributed by atoms with Gasteiger partial charge in [0.1, 0.15) is 13.2 Å². The van der Waals surface area contributed by atoms with E-state index in [1.54, 1.807) is 0 Å². The number of esters is 3. The second-order valence-electron chi connectivity index (χ2n) is 16.4. The highest BCUT2D eigenvalue weighted by Gasteiger charge is 2.19. The molecule has 6 nitrogen and oxygen atoms in total. The van der Waals surface area contributed by atoms with Crippen molar-refractivity contribution in [2.24, 2.45) is 0 Å². The quantitative estimate of drug-likeness (QED) is 0.0201. The van der Waals surface area contributed by atoms with Crippen LogP contribution in [0.25, 0.3) is 0 Å². The van der Waals surface area contributed by atoms with Crippen molar-refractivity contribution in [1.82, 2.24) is 0 Å². The summed E-state index contributed by atoms with van der Waals surface area (Å²) in [6, 6.07) is 0. The second-order valence-corrected chi connectivity index (χ2v) is 16.4. The first kappa shape index (κ1) is 54.6. The molecule has 0 heterocycles. The highest BCUT2D eigenvalue weighted by atomic mass is 16.6. The van der Waals surface area contributed by atoms with E-state index in [1.807, 2.05) is 0 Å². The monoisotopic (exact) mass is 801 g/mol. The Hall–Kier alpha value is -2.37. The summed E-state index contributed by atoms with van der Waals surface area (Å²) in [5.74, 6) is -0.945. The van der Waals surface area contributed by atoms with Crippen LogP contribution in [0.4, 0.5) is 0 Å². The second kappa shape index (κ2) is 46.3. The third-order valence-electron chi connectivity index (χ3n) is 10.6. The maximum Gasteiger partial charge on any atom is 0.306 e. The van der Waals surface area contributed by atoms with Crippen LogP contribution in [-0.2, 0) is 28.6 Å². The van der Waals surface area contributed by atoms with Crippen LogP contribution < -0.4 is 0 Å². The fourth-order valence-electron chi connectivity index (χ4n) is 6.91. The molecule has 0 aliphatic rings. The van der Waals surface area contributed by atoms with Gasteiger partial charge in [0.2, 0.25) is 0 Å². The van der Waals surface area contributed by atoms with Gasteiger partial charge >= 0.3 is 17.9 Å². The van der Waals surface area contributed by atoms with Crippen LogP contribution in [0.3, 0.4) is 0 Å². The summed E-state index contributed by atoms with van der Waals surface area (Å²) in [5.41, 5.74) is 0. The zero-order valence-electron chi connectivity index (χ0n) is 37.9. The van der Waals surface area contributed by atoms with Crippen LogP contribution in [0.5, 0.6) is 0 Å². The van der Waals surface area contributed by atoms with Gasteiger partial charge in [-0.05, 0) is 64.2 Å². The lowest BCUT2D eigenvalue weighted by molar-refractivity contribution is -0.167. The van der Waals surface area contributed by atoms with Crippen molar-refractivity contribution in [2.45, 2.75) is 258 Å². The van der Waals surface area contributed by atoms with E-state index in [0.717, 1.165) is 64.2 Å². The van der Waals surface area contributed by atoms with Crippen LogP contribution in [-0.4, -0.2) is 37.2 Å². The van der Waals surface area contributed by atoms with E-state index >= 15 is 0 Å². The summed E-state index contributed by atoms with van der Waals surface area (Å²) >= 11 is 0. The molecule has 332 valence electrons. The molecule has 0 saturated carbocycles. The Kier molecular flexibility index (Phi) is 44.4. The Morgan fingerprint density at radius 1 is 0.351 bits per heavy atom. The number of rotatable bonds is 44. The molecule has 0 N–H and O–H groups in total. The largest absolute Gasteiger partial charge is 0.462 e. The Labute approximate surface area is 353 Å². The standard InChI is InChI=1S/C51H92O6/c1-4-7-10-13-16-19-21-23-25-26-28-29-32-35-38-41-44-50(53)56-47-48(46-55-49(52)43-40-37-34-31-18-15-12-9-6-3)57-51(54)45-42-39-36-33-30-27-24-22-20-17-14-11-8-5-2/h25-26,28-29,31,34,48H,4-24,27,30,32-33,35-47H2,1-3H3/b26-25-,29-28-,34-31-. The molecule has 0 aromatic rings. The Balaban J connectivity index is 4.38. The van der Waals surface area contributed by atoms with Gasteiger partial charge in [-0.3, -0.25) is 14.4 Å². The minimum atomic E-state index is -0.788. The van der Waals surface area contributed by atoms with Crippen molar-refractivity contribution in [3.63, 3.8) is 0 Å². The summed E-state index contributed by atoms with van der Waals surface area (Å²) in [7, 11) is 0. The van der Waals surface area contributed by atoms with Crippen molar-refractivity contribution in [1.29, 1.82) is 0 Å². The van der Waals surface area contributed by atoms with E-state index in [2.05, 4.69) is 57.2 Å². The topological polar surface area (TPSA) is 78.9 Å². The summed E-state index contributed by atoms with van der Waals surface area (Å²) < 4.78 is 16.7. The molecule has 1 unspecified atom stereocenters. The molecule has 0 saturated heterocycles. The summed E-state index contributed by atoms with van der Waals surface area (Å²) in [6.07, 6.45) is 52.8. The normalized spacial score (nSPS) is 12.3. The average Bonchev–Trinajstić information content (AvgIpc) is 3.21. The van der Waals surface area contributed by atoms with Crippen LogP contribution in [0.15, 0.2) is 36.5 Å². The van der Waals surface area contributed by atoms with E-state index in [-0.39, 0.29) is 31.1 Å². The van der Waals surface area contributed by atoms with Gasteiger partial charge in [-0.25, -0.2) is 0 Å². The number of unbranched alkanes of at least 4 members (excludes halogenated alkanes) is 28. The third kappa shape index (κ3) is 44.6. The zero-order valence-corrected chi connectivity index (χ0v) is 37.9. The smallest absolute Gasteiger partial charge is 0.306 e. The van der Waals surface area contributed by atoms with E-state index in [0.29, 0.717) is 25.7 Å². The minimum Gasteiger partial charge on any atom is -0.462 e. The lowest BCUT2D eigenvalue weighted by Gasteiger charge is -2.18. The predicted octanol–water partition coefficient (Wildman–Crippen LogP) is 15.8. The van der Waals surface area contributed by atoms with Crippen molar-refractivity contribution in [2.75, 3.05) is 13.2 Å². The summed E-state index contributed by atoms with van der Waals surface area (Å²) in [6.45, 7) is 6.56. The van der Waals surface area contributed by atoms with Crippen molar-refractivity contribution in [3.8, 4) is 0 Å². The molecule has 0 aliphatic heterocycles. The molecular weight excluding hydrogens is 709 g/mol. The number of ether oxygens (including phenoxy) is 3. The molecule has 1 atom stereocenters. The summed E-state index contributed by atoms with van der Waals surface area (Å²) in [4.78, 5) is 37.7. The molecule has 0 rings (SSSR count). The van der Waals surface area contributed by atoms with E-state index in [9.17, 15) is 14.4 Å². The molecular formula is C51H92O6. The zero-order chi connectivity index (χ0) is 41.5. The Bertz CT molecular complexity index is 969. The third-order valence-corrected chi connectivity index (χ3v) is 10.6. The van der Waals surface area contributed by atoms with Gasteiger partial charge in [0.15, 0.2) is 6.10 Å². The fourth-order valence-corrected chi connectivity index (χ4v) is 6.91. The molecule has 0 spiro atoms. The first-order valence-electron chi connectivity index (χ1n) is 24.5. The molecule has 0 aromatic heterocycles. The highest BCUT2D eigenvalue weighted by molar-refractivity contribution is 5.71. The fraction of sp³-hybridized carbons (Fsp3) is 0.824. The Morgan fingerprint density at radius 2 is 0.649 bits per heavy atom. The van der Waals surface area contributed by atoms with Gasteiger partial charge in [-0.2, -0.15) is 0 Å². The Morgan fingerprint density at radius 3 is 1.09 bits per heavy atom. The molecule has 0 radical (unpaired) electrons. The SMILES string of the molecule is CCCCCC/C=C\CCCC(=O)OCC(COC(=O)CCCCC/C=C\C=C/CCCCCCCCC)OC(=O)CCCCCCCCCCCCCCCC. The summed E-state index contributed by atoms with van der Waals surface area (Å²) in [5, 5.41) is 0. The minimum absolute atomic E-state index is 0.0920. The van der Waals surface area contributed by atoms with Crippen molar-refractivity contribution >= 4 is 17.9 Å². The van der Waals surface area contributed by atoms with Gasteiger partial charge in [-0.1, -0.05) is 205 Å². The lowest BCUT2D eigenvalue weighted by Crippen LogP contribution is -2.30. The molecule has 0 bridgehead atoms. The number of carbonyl (C=O) groups excluding carboxylic acids is 3. The molecule has 57 heavy (non-hydrogen) atoms. The van der Waals surface area contributed by atoms with Crippen molar-refractivity contribution in [3.05, 3.63) is 36.5 Å². The van der Waals surface area contributed by atoms with Gasteiger partial charge < -0.3 is 14.2 Å². The van der Waals surface area contributed by atoms with E-state index in [4.69, 9.17) is 14.2 Å². The molecule has 0 aromatic carbocycles.